The van der Waals surface area contributed by atoms with Crippen LogP contribution < -0.4 is 10.5 Å². The van der Waals surface area contributed by atoms with E-state index in [2.05, 4.69) is 0 Å². The van der Waals surface area contributed by atoms with Crippen LogP contribution in [-0.2, 0) is 11.2 Å². The number of ether oxygens (including phenoxy) is 1. The fraction of sp³-hybridized carbons (Fsp3) is 0.588. The van der Waals surface area contributed by atoms with Crippen molar-refractivity contribution in [1.82, 2.24) is 0 Å². The Hall–Kier alpha value is -1.35. The number of nitrogens with two attached hydrogens (primary N) is 1. The van der Waals surface area contributed by atoms with E-state index in [1.54, 1.807) is 7.11 Å². The Morgan fingerprint density at radius 1 is 1.25 bits per heavy atom. The van der Waals surface area contributed by atoms with Crippen LogP contribution in [0.4, 0.5) is 0 Å². The van der Waals surface area contributed by atoms with E-state index in [-0.39, 0.29) is 5.92 Å². The van der Waals surface area contributed by atoms with Crippen LogP contribution >= 0.6 is 0 Å². The molecule has 1 aliphatic carbocycles. The van der Waals surface area contributed by atoms with Crippen molar-refractivity contribution in [1.29, 1.82) is 0 Å². The van der Waals surface area contributed by atoms with Gasteiger partial charge in [-0.2, -0.15) is 0 Å². The van der Waals surface area contributed by atoms with Crippen molar-refractivity contribution >= 4 is 5.78 Å². The third-order valence-electron chi connectivity index (χ3n) is 4.44. The highest BCUT2D eigenvalue weighted by Crippen LogP contribution is 2.31. The second-order valence-electron chi connectivity index (χ2n) is 5.70. The monoisotopic (exact) mass is 275 g/mol. The number of hydrogen-bond acceptors (Lipinski definition) is 3. The zero-order valence-electron chi connectivity index (χ0n) is 12.3. The van der Waals surface area contributed by atoms with Gasteiger partial charge in [-0.1, -0.05) is 25.0 Å². The molecular formula is C17H25NO2. The number of carbonyl (C=O) groups is 1. The Balaban J connectivity index is 1.87. The van der Waals surface area contributed by atoms with E-state index in [1.807, 2.05) is 24.3 Å². The van der Waals surface area contributed by atoms with E-state index in [1.165, 1.54) is 18.4 Å². The summed E-state index contributed by atoms with van der Waals surface area (Å²) in [7, 11) is 1.66. The van der Waals surface area contributed by atoms with Crippen molar-refractivity contribution in [2.75, 3.05) is 13.7 Å². The molecule has 1 fully saturated rings. The van der Waals surface area contributed by atoms with Gasteiger partial charge in [-0.05, 0) is 49.4 Å². The third kappa shape index (κ3) is 3.83. The van der Waals surface area contributed by atoms with Crippen molar-refractivity contribution < 1.29 is 9.53 Å². The van der Waals surface area contributed by atoms with E-state index in [0.29, 0.717) is 24.7 Å². The summed E-state index contributed by atoms with van der Waals surface area (Å²) in [5.41, 5.74) is 7.00. The SMILES string of the molecule is COc1ccc(CCC(=O)C2CCCCC2CN)cc1. The Bertz CT molecular complexity index is 427. The maximum Gasteiger partial charge on any atom is 0.136 e. The summed E-state index contributed by atoms with van der Waals surface area (Å²) < 4.78 is 5.14. The highest BCUT2D eigenvalue weighted by Gasteiger charge is 2.29. The number of aryl methyl sites for hydroxylation is 1. The average molecular weight is 275 g/mol. The van der Waals surface area contributed by atoms with Crippen molar-refractivity contribution in [3.8, 4) is 5.75 Å². The summed E-state index contributed by atoms with van der Waals surface area (Å²) >= 11 is 0. The Kier molecular flexibility index (Phi) is 5.60. The van der Waals surface area contributed by atoms with Gasteiger partial charge in [-0.3, -0.25) is 4.79 Å². The van der Waals surface area contributed by atoms with Crippen LogP contribution in [0.5, 0.6) is 5.75 Å². The van der Waals surface area contributed by atoms with Gasteiger partial charge in [0.2, 0.25) is 0 Å². The van der Waals surface area contributed by atoms with Crippen LogP contribution in [0.2, 0.25) is 0 Å². The number of methoxy groups -OCH3 is 1. The first-order valence-corrected chi connectivity index (χ1v) is 7.60. The van der Waals surface area contributed by atoms with Gasteiger partial charge in [-0.25, -0.2) is 0 Å². The lowest BCUT2D eigenvalue weighted by Crippen LogP contribution is -2.32. The molecule has 0 saturated heterocycles. The van der Waals surface area contributed by atoms with Crippen LogP contribution in [-0.4, -0.2) is 19.4 Å². The van der Waals surface area contributed by atoms with E-state index in [4.69, 9.17) is 10.5 Å². The molecule has 0 heterocycles. The predicted octanol–water partition coefficient (Wildman–Crippen LogP) is 2.96. The second kappa shape index (κ2) is 7.44. The number of carbonyl (C=O) groups excluding carboxylic acids is 1. The standard InChI is InChI=1S/C17H25NO2/c1-20-15-9-6-13(7-10-15)8-11-17(19)16-5-3-2-4-14(16)12-18/h6-7,9-10,14,16H,2-5,8,11-12,18H2,1H3. The molecule has 1 aromatic rings. The molecule has 2 atom stereocenters. The largest absolute Gasteiger partial charge is 0.497 e. The van der Waals surface area contributed by atoms with Crippen LogP contribution in [0, 0.1) is 11.8 Å². The molecule has 0 aliphatic heterocycles. The summed E-state index contributed by atoms with van der Waals surface area (Å²) in [6.07, 6.45) is 6.00. The first-order chi connectivity index (χ1) is 9.74. The van der Waals surface area contributed by atoms with E-state index in [9.17, 15) is 4.79 Å². The van der Waals surface area contributed by atoms with Gasteiger partial charge >= 0.3 is 0 Å². The van der Waals surface area contributed by atoms with E-state index < -0.39 is 0 Å². The molecule has 1 saturated carbocycles. The Labute approximate surface area is 121 Å². The predicted molar refractivity (Wildman–Crippen MR) is 80.8 cm³/mol. The van der Waals surface area contributed by atoms with Gasteiger partial charge in [0.15, 0.2) is 0 Å². The van der Waals surface area contributed by atoms with Crippen LogP contribution in [0.3, 0.4) is 0 Å². The average Bonchev–Trinajstić information content (AvgIpc) is 2.53. The molecule has 0 amide bonds. The maximum absolute atomic E-state index is 12.4. The van der Waals surface area contributed by atoms with Gasteiger partial charge in [0, 0.05) is 12.3 Å². The first kappa shape index (κ1) is 15.0. The molecule has 1 aromatic carbocycles. The van der Waals surface area contributed by atoms with Gasteiger partial charge in [0.25, 0.3) is 0 Å². The van der Waals surface area contributed by atoms with Crippen LogP contribution in [0.1, 0.15) is 37.7 Å². The lowest BCUT2D eigenvalue weighted by atomic mass is 9.76. The number of Topliss-reactive ketones (excluding diaryl/α,β-unsaturated/α-hetero) is 1. The summed E-state index contributed by atoms with van der Waals surface area (Å²) in [6, 6.07) is 7.97. The summed E-state index contributed by atoms with van der Waals surface area (Å²) in [5, 5.41) is 0. The number of benzene rings is 1. The number of ketones is 1. The molecule has 0 aromatic heterocycles. The molecule has 110 valence electrons. The number of rotatable bonds is 6. The summed E-state index contributed by atoms with van der Waals surface area (Å²) in [6.45, 7) is 0.652. The summed E-state index contributed by atoms with van der Waals surface area (Å²) in [5.74, 6) is 1.87. The molecule has 20 heavy (non-hydrogen) atoms. The maximum atomic E-state index is 12.4. The third-order valence-corrected chi connectivity index (χ3v) is 4.44. The van der Waals surface area contributed by atoms with Crippen molar-refractivity contribution in [3.63, 3.8) is 0 Å². The fourth-order valence-corrected chi connectivity index (χ4v) is 3.16. The van der Waals surface area contributed by atoms with Crippen molar-refractivity contribution in [3.05, 3.63) is 29.8 Å². The Morgan fingerprint density at radius 3 is 2.60 bits per heavy atom. The topological polar surface area (TPSA) is 52.3 Å². The lowest BCUT2D eigenvalue weighted by Gasteiger charge is -2.29. The zero-order chi connectivity index (χ0) is 14.4. The minimum atomic E-state index is 0.201. The van der Waals surface area contributed by atoms with Gasteiger partial charge < -0.3 is 10.5 Å². The smallest absolute Gasteiger partial charge is 0.136 e. The Morgan fingerprint density at radius 2 is 1.95 bits per heavy atom. The molecule has 1 aliphatic rings. The molecule has 0 bridgehead atoms. The lowest BCUT2D eigenvalue weighted by molar-refractivity contribution is -0.125. The number of hydrogen-bond donors (Lipinski definition) is 1. The van der Waals surface area contributed by atoms with E-state index >= 15 is 0 Å². The van der Waals surface area contributed by atoms with Crippen molar-refractivity contribution in [2.24, 2.45) is 17.6 Å². The van der Waals surface area contributed by atoms with E-state index in [0.717, 1.165) is 25.0 Å². The zero-order valence-corrected chi connectivity index (χ0v) is 12.3. The minimum Gasteiger partial charge on any atom is -0.497 e. The van der Waals surface area contributed by atoms with Crippen LogP contribution in [0.15, 0.2) is 24.3 Å². The normalized spacial score (nSPS) is 22.5. The molecule has 0 radical (unpaired) electrons. The highest BCUT2D eigenvalue weighted by atomic mass is 16.5. The first-order valence-electron chi connectivity index (χ1n) is 7.60. The quantitative estimate of drug-likeness (QED) is 0.868. The van der Waals surface area contributed by atoms with Gasteiger partial charge in [0.05, 0.1) is 7.11 Å². The highest BCUT2D eigenvalue weighted by molar-refractivity contribution is 5.81. The van der Waals surface area contributed by atoms with Crippen molar-refractivity contribution in [2.45, 2.75) is 38.5 Å². The molecule has 2 rings (SSSR count). The molecule has 2 N–H and O–H groups in total. The summed E-state index contributed by atoms with van der Waals surface area (Å²) in [4.78, 5) is 12.4. The molecule has 2 unspecified atom stereocenters. The molecular weight excluding hydrogens is 250 g/mol. The second-order valence-corrected chi connectivity index (χ2v) is 5.70. The van der Waals surface area contributed by atoms with Crippen LogP contribution in [0.25, 0.3) is 0 Å². The molecule has 0 spiro atoms. The fourth-order valence-electron chi connectivity index (χ4n) is 3.16. The minimum absolute atomic E-state index is 0.201. The molecule has 3 heteroatoms. The molecule has 3 nitrogen and oxygen atoms in total. The van der Waals surface area contributed by atoms with Gasteiger partial charge in [0.1, 0.15) is 11.5 Å². The van der Waals surface area contributed by atoms with Gasteiger partial charge in [-0.15, -0.1) is 0 Å².